The molecule has 0 heterocycles. The van der Waals surface area contributed by atoms with E-state index in [9.17, 15) is 5.11 Å². The number of hydrogen-bond acceptors (Lipinski definition) is 3. The van der Waals surface area contributed by atoms with Gasteiger partial charge in [-0.15, -0.1) is 0 Å². The zero-order chi connectivity index (χ0) is 14.3. The van der Waals surface area contributed by atoms with Crippen LogP contribution in [0, 0.1) is 5.41 Å². The van der Waals surface area contributed by atoms with Gasteiger partial charge in [0.15, 0.2) is 0 Å². The molecule has 2 N–H and O–H groups in total. The van der Waals surface area contributed by atoms with Crippen molar-refractivity contribution in [3.63, 3.8) is 0 Å². The van der Waals surface area contributed by atoms with Gasteiger partial charge in [0, 0.05) is 25.2 Å². The summed E-state index contributed by atoms with van der Waals surface area (Å²) in [5, 5.41) is 12.9. The number of hydrogen-bond donors (Lipinski definition) is 2. The van der Waals surface area contributed by atoms with Crippen molar-refractivity contribution in [3.8, 4) is 0 Å². The molecule has 0 radical (unpaired) electrons. The second-order valence-electron chi connectivity index (χ2n) is 7.01. The quantitative estimate of drug-likeness (QED) is 0.676. The molecule has 0 aromatic heterocycles. The standard InChI is InChI=1S/C16H34N2O/c1-5-10-17-15(16(2,3)4)9-11-18(12-13-19)14-7-6-8-14/h14-15,17,19H,5-13H2,1-4H3. The van der Waals surface area contributed by atoms with Crippen LogP contribution < -0.4 is 5.32 Å². The first-order chi connectivity index (χ1) is 8.99. The van der Waals surface area contributed by atoms with Crippen molar-refractivity contribution in [1.82, 2.24) is 10.2 Å². The highest BCUT2D eigenvalue weighted by Crippen LogP contribution is 2.27. The highest BCUT2D eigenvalue weighted by atomic mass is 16.3. The summed E-state index contributed by atoms with van der Waals surface area (Å²) in [7, 11) is 0. The van der Waals surface area contributed by atoms with Gasteiger partial charge in [0.1, 0.15) is 0 Å². The van der Waals surface area contributed by atoms with E-state index < -0.39 is 0 Å². The molecule has 0 aromatic carbocycles. The molecular formula is C16H34N2O. The second-order valence-corrected chi connectivity index (χ2v) is 7.01. The molecule has 3 nitrogen and oxygen atoms in total. The number of rotatable bonds is 9. The van der Waals surface area contributed by atoms with E-state index in [1.54, 1.807) is 0 Å². The van der Waals surface area contributed by atoms with Crippen LogP contribution in [-0.4, -0.2) is 48.3 Å². The molecule has 1 fully saturated rings. The smallest absolute Gasteiger partial charge is 0.0558 e. The minimum absolute atomic E-state index is 0.291. The average molecular weight is 270 g/mol. The summed E-state index contributed by atoms with van der Waals surface area (Å²) in [6.07, 6.45) is 6.38. The lowest BCUT2D eigenvalue weighted by atomic mass is 9.84. The maximum atomic E-state index is 9.21. The van der Waals surface area contributed by atoms with Gasteiger partial charge < -0.3 is 10.4 Å². The van der Waals surface area contributed by atoms with Crippen LogP contribution in [0.3, 0.4) is 0 Å². The fraction of sp³-hybridized carbons (Fsp3) is 1.00. The van der Waals surface area contributed by atoms with Gasteiger partial charge in [0.25, 0.3) is 0 Å². The summed E-state index contributed by atoms with van der Waals surface area (Å²) in [6, 6.07) is 1.30. The van der Waals surface area contributed by atoms with E-state index >= 15 is 0 Å². The van der Waals surface area contributed by atoms with Crippen molar-refractivity contribution in [1.29, 1.82) is 0 Å². The highest BCUT2D eigenvalue weighted by Gasteiger charge is 2.28. The Balaban J connectivity index is 2.43. The first-order valence-corrected chi connectivity index (χ1v) is 8.07. The molecule has 0 spiro atoms. The Kier molecular flexibility index (Phi) is 7.33. The van der Waals surface area contributed by atoms with E-state index in [2.05, 4.69) is 37.9 Å². The van der Waals surface area contributed by atoms with E-state index in [1.165, 1.54) is 32.1 Å². The van der Waals surface area contributed by atoms with Crippen molar-refractivity contribution in [2.45, 2.75) is 71.9 Å². The summed E-state index contributed by atoms with van der Waals surface area (Å²) in [5.41, 5.74) is 0.305. The molecule has 1 rings (SSSR count). The van der Waals surface area contributed by atoms with Gasteiger partial charge in [0.2, 0.25) is 0 Å². The van der Waals surface area contributed by atoms with Crippen molar-refractivity contribution >= 4 is 0 Å². The van der Waals surface area contributed by atoms with Crippen molar-refractivity contribution in [3.05, 3.63) is 0 Å². The molecule has 1 unspecified atom stereocenters. The predicted octanol–water partition coefficient (Wildman–Crippen LogP) is 2.64. The molecule has 1 aliphatic carbocycles. The molecule has 19 heavy (non-hydrogen) atoms. The number of nitrogens with one attached hydrogen (secondary N) is 1. The molecule has 1 saturated carbocycles. The molecule has 0 saturated heterocycles. The van der Waals surface area contributed by atoms with Crippen molar-refractivity contribution in [2.75, 3.05) is 26.2 Å². The predicted molar refractivity (Wildman–Crippen MR) is 82.5 cm³/mol. The molecule has 0 aromatic rings. The van der Waals surface area contributed by atoms with Crippen LogP contribution in [0.15, 0.2) is 0 Å². The largest absolute Gasteiger partial charge is 0.395 e. The minimum Gasteiger partial charge on any atom is -0.395 e. The van der Waals surface area contributed by atoms with Crippen molar-refractivity contribution < 1.29 is 5.11 Å². The van der Waals surface area contributed by atoms with E-state index in [1.807, 2.05) is 0 Å². The summed E-state index contributed by atoms with van der Waals surface area (Å²) in [5.74, 6) is 0. The molecule has 0 amide bonds. The van der Waals surface area contributed by atoms with Gasteiger partial charge in [-0.25, -0.2) is 0 Å². The second kappa shape index (κ2) is 8.23. The fourth-order valence-corrected chi connectivity index (χ4v) is 2.81. The van der Waals surface area contributed by atoms with Crippen LogP contribution >= 0.6 is 0 Å². The van der Waals surface area contributed by atoms with E-state index in [0.717, 1.165) is 25.7 Å². The Labute approximate surface area is 119 Å². The average Bonchev–Trinajstić information content (AvgIpc) is 2.25. The third-order valence-corrected chi connectivity index (χ3v) is 4.37. The van der Waals surface area contributed by atoms with Crippen LogP contribution in [0.4, 0.5) is 0 Å². The van der Waals surface area contributed by atoms with E-state index in [4.69, 9.17) is 0 Å². The maximum Gasteiger partial charge on any atom is 0.0558 e. The van der Waals surface area contributed by atoms with Gasteiger partial charge in [-0.3, -0.25) is 4.90 Å². The van der Waals surface area contributed by atoms with E-state index in [-0.39, 0.29) is 0 Å². The highest BCUT2D eigenvalue weighted by molar-refractivity contribution is 4.85. The lowest BCUT2D eigenvalue weighted by Crippen LogP contribution is -2.47. The molecule has 0 aliphatic heterocycles. The molecule has 114 valence electrons. The monoisotopic (exact) mass is 270 g/mol. The van der Waals surface area contributed by atoms with Gasteiger partial charge in [0.05, 0.1) is 6.61 Å². The molecule has 1 aliphatic rings. The maximum absolute atomic E-state index is 9.21. The Hall–Kier alpha value is -0.120. The van der Waals surface area contributed by atoms with Crippen LogP contribution in [0.1, 0.15) is 59.8 Å². The SMILES string of the molecule is CCCNC(CCN(CCO)C1CCC1)C(C)(C)C. The van der Waals surface area contributed by atoms with Crippen LogP contribution in [-0.2, 0) is 0 Å². The van der Waals surface area contributed by atoms with Crippen LogP contribution in [0.25, 0.3) is 0 Å². The first kappa shape index (κ1) is 16.9. The Bertz CT molecular complexity index is 233. The summed E-state index contributed by atoms with van der Waals surface area (Å²) in [6.45, 7) is 12.5. The summed E-state index contributed by atoms with van der Waals surface area (Å²) < 4.78 is 0. The molecule has 3 heteroatoms. The third-order valence-electron chi connectivity index (χ3n) is 4.37. The van der Waals surface area contributed by atoms with Gasteiger partial charge >= 0.3 is 0 Å². The first-order valence-electron chi connectivity index (χ1n) is 8.07. The van der Waals surface area contributed by atoms with Gasteiger partial charge in [-0.05, 0) is 37.6 Å². The lowest BCUT2D eigenvalue weighted by molar-refractivity contribution is 0.0901. The minimum atomic E-state index is 0.291. The third kappa shape index (κ3) is 5.80. The lowest BCUT2D eigenvalue weighted by Gasteiger charge is -2.39. The zero-order valence-electron chi connectivity index (χ0n) is 13.4. The number of aliphatic hydroxyl groups is 1. The normalized spacial score (nSPS) is 18.6. The number of aliphatic hydroxyl groups excluding tert-OH is 1. The molecule has 0 bridgehead atoms. The van der Waals surface area contributed by atoms with E-state index in [0.29, 0.717) is 18.1 Å². The topological polar surface area (TPSA) is 35.5 Å². The number of nitrogens with zero attached hydrogens (tertiary/aromatic N) is 1. The van der Waals surface area contributed by atoms with Gasteiger partial charge in [-0.1, -0.05) is 34.1 Å². The fourth-order valence-electron chi connectivity index (χ4n) is 2.81. The summed E-state index contributed by atoms with van der Waals surface area (Å²) in [4.78, 5) is 2.50. The van der Waals surface area contributed by atoms with Crippen LogP contribution in [0.5, 0.6) is 0 Å². The zero-order valence-corrected chi connectivity index (χ0v) is 13.4. The van der Waals surface area contributed by atoms with Crippen molar-refractivity contribution in [2.24, 2.45) is 5.41 Å². The van der Waals surface area contributed by atoms with Crippen LogP contribution in [0.2, 0.25) is 0 Å². The Morgan fingerprint density at radius 3 is 2.37 bits per heavy atom. The Morgan fingerprint density at radius 1 is 1.26 bits per heavy atom. The molecule has 1 atom stereocenters. The van der Waals surface area contributed by atoms with Gasteiger partial charge in [-0.2, -0.15) is 0 Å². The summed E-state index contributed by atoms with van der Waals surface area (Å²) >= 11 is 0. The molecular weight excluding hydrogens is 236 g/mol. The Morgan fingerprint density at radius 2 is 1.95 bits per heavy atom.